The lowest BCUT2D eigenvalue weighted by Gasteiger charge is -2.25. The van der Waals surface area contributed by atoms with Crippen LogP contribution in [-0.4, -0.2) is 48.3 Å². The van der Waals surface area contributed by atoms with Gasteiger partial charge in [-0.3, -0.25) is 9.69 Å². The van der Waals surface area contributed by atoms with Gasteiger partial charge in [0.15, 0.2) is 17.3 Å². The standard InChI is InChI=1S/C15H21NO4/c1-11(2)16(6-3-7-17)9-13(18)12-4-5-14-15(8-12)20-10-19-14/h4-5,8,11,17H,3,6-7,9-10H2,1-2H3. The van der Waals surface area contributed by atoms with E-state index in [1.807, 2.05) is 13.8 Å². The topological polar surface area (TPSA) is 59.0 Å². The van der Waals surface area contributed by atoms with Gasteiger partial charge in [0.25, 0.3) is 0 Å². The van der Waals surface area contributed by atoms with Crippen LogP contribution in [0.4, 0.5) is 0 Å². The average Bonchev–Trinajstić information content (AvgIpc) is 2.90. The minimum Gasteiger partial charge on any atom is -0.454 e. The molecule has 1 aromatic rings. The fourth-order valence-corrected chi connectivity index (χ4v) is 2.14. The van der Waals surface area contributed by atoms with E-state index in [1.54, 1.807) is 18.2 Å². The van der Waals surface area contributed by atoms with E-state index in [9.17, 15) is 4.79 Å². The molecule has 0 saturated heterocycles. The lowest BCUT2D eigenvalue weighted by atomic mass is 10.1. The Balaban J connectivity index is 2.02. The van der Waals surface area contributed by atoms with Gasteiger partial charge in [0.05, 0.1) is 6.54 Å². The van der Waals surface area contributed by atoms with Gasteiger partial charge in [-0.15, -0.1) is 0 Å². The zero-order chi connectivity index (χ0) is 14.5. The van der Waals surface area contributed by atoms with E-state index in [2.05, 4.69) is 4.90 Å². The van der Waals surface area contributed by atoms with Crippen LogP contribution in [0.15, 0.2) is 18.2 Å². The summed E-state index contributed by atoms with van der Waals surface area (Å²) < 4.78 is 10.5. The maximum absolute atomic E-state index is 12.3. The molecule has 0 saturated carbocycles. The molecule has 0 radical (unpaired) electrons. The van der Waals surface area contributed by atoms with E-state index in [4.69, 9.17) is 14.6 Å². The molecule has 1 aromatic carbocycles. The Labute approximate surface area is 119 Å². The minimum absolute atomic E-state index is 0.0509. The van der Waals surface area contributed by atoms with E-state index in [-0.39, 0.29) is 25.2 Å². The van der Waals surface area contributed by atoms with Gasteiger partial charge in [0.1, 0.15) is 0 Å². The molecule has 5 heteroatoms. The summed E-state index contributed by atoms with van der Waals surface area (Å²) in [5.41, 5.74) is 0.629. The number of benzene rings is 1. The molecule has 1 aliphatic rings. The lowest BCUT2D eigenvalue weighted by Crippen LogP contribution is -2.36. The van der Waals surface area contributed by atoms with E-state index >= 15 is 0 Å². The SMILES string of the molecule is CC(C)N(CCCO)CC(=O)c1ccc2c(c1)OCO2. The first kappa shape index (κ1) is 14.8. The number of nitrogens with zero attached hydrogens (tertiary/aromatic N) is 1. The average molecular weight is 279 g/mol. The van der Waals surface area contributed by atoms with Crippen LogP contribution in [0, 0.1) is 0 Å². The van der Waals surface area contributed by atoms with Crippen LogP contribution in [0.5, 0.6) is 11.5 Å². The van der Waals surface area contributed by atoms with Gasteiger partial charge in [0, 0.05) is 24.8 Å². The van der Waals surface area contributed by atoms with Gasteiger partial charge in [0.2, 0.25) is 6.79 Å². The molecule has 1 N–H and O–H groups in total. The molecule has 5 nitrogen and oxygen atoms in total. The van der Waals surface area contributed by atoms with Crippen LogP contribution >= 0.6 is 0 Å². The number of carbonyl (C=O) groups excluding carboxylic acids is 1. The molecule has 2 rings (SSSR count). The van der Waals surface area contributed by atoms with E-state index in [0.29, 0.717) is 36.6 Å². The number of hydrogen-bond donors (Lipinski definition) is 1. The number of rotatable bonds is 7. The monoisotopic (exact) mass is 279 g/mol. The number of hydrogen-bond acceptors (Lipinski definition) is 5. The molecule has 0 fully saturated rings. The second-order valence-electron chi connectivity index (χ2n) is 5.13. The summed E-state index contributed by atoms with van der Waals surface area (Å²) in [5, 5.41) is 8.91. The summed E-state index contributed by atoms with van der Waals surface area (Å²) in [7, 11) is 0. The molecular weight excluding hydrogens is 258 g/mol. The van der Waals surface area contributed by atoms with Crippen molar-refractivity contribution in [3.05, 3.63) is 23.8 Å². The molecule has 0 aliphatic carbocycles. The Morgan fingerprint density at radius 2 is 2.10 bits per heavy atom. The molecular formula is C15H21NO4. The van der Waals surface area contributed by atoms with Crippen molar-refractivity contribution in [1.29, 1.82) is 0 Å². The van der Waals surface area contributed by atoms with Crippen molar-refractivity contribution in [2.45, 2.75) is 26.3 Å². The third-order valence-corrected chi connectivity index (χ3v) is 3.37. The third kappa shape index (κ3) is 3.49. The Kier molecular flexibility index (Phi) is 4.98. The van der Waals surface area contributed by atoms with Crippen LogP contribution in [-0.2, 0) is 0 Å². The minimum atomic E-state index is 0.0509. The van der Waals surface area contributed by atoms with Crippen molar-refractivity contribution < 1.29 is 19.4 Å². The van der Waals surface area contributed by atoms with E-state index in [1.165, 1.54) is 0 Å². The van der Waals surface area contributed by atoms with Crippen LogP contribution < -0.4 is 9.47 Å². The molecule has 110 valence electrons. The summed E-state index contributed by atoms with van der Waals surface area (Å²) in [5.74, 6) is 1.36. The Hall–Kier alpha value is -1.59. The molecule has 0 atom stereocenters. The maximum atomic E-state index is 12.3. The number of ether oxygens (including phenoxy) is 2. The summed E-state index contributed by atoms with van der Waals surface area (Å²) in [6.45, 7) is 5.50. The Bertz CT molecular complexity index is 473. The predicted octanol–water partition coefficient (Wildman–Crippen LogP) is 1.69. The van der Waals surface area contributed by atoms with E-state index < -0.39 is 0 Å². The highest BCUT2D eigenvalue weighted by Crippen LogP contribution is 2.32. The van der Waals surface area contributed by atoms with Gasteiger partial charge >= 0.3 is 0 Å². The molecule has 0 aromatic heterocycles. The fraction of sp³-hybridized carbons (Fsp3) is 0.533. The first-order chi connectivity index (χ1) is 9.61. The van der Waals surface area contributed by atoms with Crippen molar-refractivity contribution in [2.24, 2.45) is 0 Å². The molecule has 0 amide bonds. The van der Waals surface area contributed by atoms with Crippen LogP contribution in [0.1, 0.15) is 30.6 Å². The number of ketones is 1. The van der Waals surface area contributed by atoms with Crippen molar-refractivity contribution in [3.63, 3.8) is 0 Å². The quantitative estimate of drug-likeness (QED) is 0.770. The zero-order valence-corrected chi connectivity index (χ0v) is 12.0. The largest absolute Gasteiger partial charge is 0.454 e. The van der Waals surface area contributed by atoms with Crippen LogP contribution in [0.25, 0.3) is 0 Å². The Morgan fingerprint density at radius 1 is 1.35 bits per heavy atom. The molecule has 1 aliphatic heterocycles. The highest BCUT2D eigenvalue weighted by Gasteiger charge is 2.19. The molecule has 0 bridgehead atoms. The normalized spacial score (nSPS) is 13.2. The highest BCUT2D eigenvalue weighted by molar-refractivity contribution is 5.98. The van der Waals surface area contributed by atoms with Gasteiger partial charge in [-0.05, 0) is 38.5 Å². The zero-order valence-electron chi connectivity index (χ0n) is 12.0. The third-order valence-electron chi connectivity index (χ3n) is 3.37. The smallest absolute Gasteiger partial charge is 0.231 e. The van der Waals surface area contributed by atoms with Gasteiger partial charge in [-0.2, -0.15) is 0 Å². The second-order valence-corrected chi connectivity index (χ2v) is 5.13. The number of Topliss-reactive ketones (excluding diaryl/α,β-unsaturated/α-hetero) is 1. The lowest BCUT2D eigenvalue weighted by molar-refractivity contribution is 0.0896. The summed E-state index contributed by atoms with van der Waals surface area (Å²) >= 11 is 0. The number of fused-ring (bicyclic) bond motifs is 1. The Morgan fingerprint density at radius 3 is 2.80 bits per heavy atom. The van der Waals surface area contributed by atoms with E-state index in [0.717, 1.165) is 0 Å². The molecule has 1 heterocycles. The summed E-state index contributed by atoms with van der Waals surface area (Å²) in [6.07, 6.45) is 0.673. The molecule has 0 unspecified atom stereocenters. The fourth-order valence-electron chi connectivity index (χ4n) is 2.14. The molecule has 20 heavy (non-hydrogen) atoms. The number of carbonyl (C=O) groups is 1. The van der Waals surface area contributed by atoms with Crippen LogP contribution in [0.2, 0.25) is 0 Å². The highest BCUT2D eigenvalue weighted by atomic mass is 16.7. The van der Waals surface area contributed by atoms with Crippen molar-refractivity contribution >= 4 is 5.78 Å². The van der Waals surface area contributed by atoms with Gasteiger partial charge in [-0.1, -0.05) is 0 Å². The van der Waals surface area contributed by atoms with Gasteiger partial charge in [-0.25, -0.2) is 0 Å². The number of aliphatic hydroxyl groups excluding tert-OH is 1. The predicted molar refractivity (Wildman–Crippen MR) is 75.3 cm³/mol. The maximum Gasteiger partial charge on any atom is 0.231 e. The van der Waals surface area contributed by atoms with Crippen molar-refractivity contribution in [3.8, 4) is 11.5 Å². The van der Waals surface area contributed by atoms with Crippen molar-refractivity contribution in [1.82, 2.24) is 4.90 Å². The molecule has 0 spiro atoms. The number of aliphatic hydroxyl groups is 1. The van der Waals surface area contributed by atoms with Crippen LogP contribution in [0.3, 0.4) is 0 Å². The van der Waals surface area contributed by atoms with Crippen molar-refractivity contribution in [2.75, 3.05) is 26.5 Å². The summed E-state index contributed by atoms with van der Waals surface area (Å²) in [6, 6.07) is 5.53. The first-order valence-electron chi connectivity index (χ1n) is 6.89. The van der Waals surface area contributed by atoms with Gasteiger partial charge < -0.3 is 14.6 Å². The first-order valence-corrected chi connectivity index (χ1v) is 6.89. The second kappa shape index (κ2) is 6.72. The summed E-state index contributed by atoms with van der Waals surface area (Å²) in [4.78, 5) is 14.4.